The van der Waals surface area contributed by atoms with Gasteiger partial charge in [-0.05, 0) is 49.7 Å². The van der Waals surface area contributed by atoms with E-state index in [9.17, 15) is 9.50 Å². The number of halogens is 1. The van der Waals surface area contributed by atoms with Crippen molar-refractivity contribution in [2.24, 2.45) is 0 Å². The van der Waals surface area contributed by atoms with Crippen LogP contribution in [0.3, 0.4) is 0 Å². The van der Waals surface area contributed by atoms with Gasteiger partial charge in [0.15, 0.2) is 0 Å². The van der Waals surface area contributed by atoms with E-state index < -0.39 is 6.10 Å². The number of hydrogen-bond donors (Lipinski definition) is 1. The van der Waals surface area contributed by atoms with E-state index in [1.807, 2.05) is 0 Å². The zero-order chi connectivity index (χ0) is 13.1. The van der Waals surface area contributed by atoms with Crippen LogP contribution in [0.1, 0.15) is 24.3 Å². The Morgan fingerprint density at radius 1 is 1.22 bits per heavy atom. The van der Waals surface area contributed by atoms with Gasteiger partial charge in [-0.15, -0.1) is 0 Å². The fourth-order valence-electron chi connectivity index (χ4n) is 1.52. The lowest BCUT2D eigenvalue weighted by Crippen LogP contribution is -1.95. The van der Waals surface area contributed by atoms with Gasteiger partial charge in [0.25, 0.3) is 0 Å². The molecular formula is C14H14FNO2. The van der Waals surface area contributed by atoms with Gasteiger partial charge in [0.05, 0.1) is 18.0 Å². The van der Waals surface area contributed by atoms with Crippen LogP contribution in [0.5, 0.6) is 11.5 Å². The predicted molar refractivity (Wildman–Crippen MR) is 66.1 cm³/mol. The van der Waals surface area contributed by atoms with E-state index in [2.05, 4.69) is 4.98 Å². The van der Waals surface area contributed by atoms with E-state index in [-0.39, 0.29) is 5.82 Å². The highest BCUT2D eigenvalue weighted by atomic mass is 19.1. The minimum absolute atomic E-state index is 0.259. The Balaban J connectivity index is 2.15. The van der Waals surface area contributed by atoms with E-state index in [4.69, 9.17) is 4.74 Å². The van der Waals surface area contributed by atoms with Crippen molar-refractivity contribution in [3.63, 3.8) is 0 Å². The fraction of sp³-hybridized carbons (Fsp3) is 0.214. The number of aryl methyl sites for hydroxylation is 1. The van der Waals surface area contributed by atoms with E-state index in [1.54, 1.807) is 38.1 Å². The first-order chi connectivity index (χ1) is 8.56. The molecule has 1 N–H and O–H groups in total. The molecule has 0 saturated heterocycles. The van der Waals surface area contributed by atoms with Gasteiger partial charge in [-0.1, -0.05) is 0 Å². The van der Waals surface area contributed by atoms with Gasteiger partial charge in [0.2, 0.25) is 0 Å². The topological polar surface area (TPSA) is 42.4 Å². The predicted octanol–water partition coefficient (Wildman–Crippen LogP) is 3.37. The van der Waals surface area contributed by atoms with Crippen LogP contribution in [0.4, 0.5) is 4.39 Å². The number of pyridine rings is 1. The monoisotopic (exact) mass is 247 g/mol. The van der Waals surface area contributed by atoms with Crippen LogP contribution in [-0.2, 0) is 0 Å². The van der Waals surface area contributed by atoms with Gasteiger partial charge < -0.3 is 9.84 Å². The van der Waals surface area contributed by atoms with Crippen molar-refractivity contribution in [1.29, 1.82) is 0 Å². The molecule has 0 spiro atoms. The lowest BCUT2D eigenvalue weighted by Gasteiger charge is -2.08. The summed E-state index contributed by atoms with van der Waals surface area (Å²) >= 11 is 0. The SMILES string of the molecule is Cc1cc(Oc2ccc([C@H](C)O)nc2)ccc1F. The number of benzene rings is 1. The zero-order valence-corrected chi connectivity index (χ0v) is 10.2. The summed E-state index contributed by atoms with van der Waals surface area (Å²) < 4.78 is 18.6. The number of aromatic nitrogens is 1. The maximum Gasteiger partial charge on any atom is 0.145 e. The highest BCUT2D eigenvalue weighted by Gasteiger charge is 2.04. The van der Waals surface area contributed by atoms with Crippen LogP contribution in [0.25, 0.3) is 0 Å². The average Bonchev–Trinajstić information content (AvgIpc) is 2.34. The Hall–Kier alpha value is -1.94. The van der Waals surface area contributed by atoms with Gasteiger partial charge in [-0.25, -0.2) is 4.39 Å². The Morgan fingerprint density at radius 3 is 2.50 bits per heavy atom. The van der Waals surface area contributed by atoms with Crippen molar-refractivity contribution in [1.82, 2.24) is 4.98 Å². The summed E-state index contributed by atoms with van der Waals surface area (Å²) in [6, 6.07) is 7.95. The van der Waals surface area contributed by atoms with Gasteiger partial charge in [0, 0.05) is 0 Å². The molecule has 18 heavy (non-hydrogen) atoms. The second kappa shape index (κ2) is 5.14. The minimum Gasteiger partial charge on any atom is -0.456 e. The molecule has 2 aromatic rings. The molecule has 1 heterocycles. The molecular weight excluding hydrogens is 233 g/mol. The maximum absolute atomic E-state index is 13.1. The lowest BCUT2D eigenvalue weighted by atomic mass is 10.2. The van der Waals surface area contributed by atoms with E-state index in [0.717, 1.165) is 0 Å². The summed E-state index contributed by atoms with van der Waals surface area (Å²) in [6.45, 7) is 3.32. The molecule has 0 aliphatic carbocycles. The number of aliphatic hydroxyl groups excluding tert-OH is 1. The molecule has 0 bridgehead atoms. The number of hydrogen-bond acceptors (Lipinski definition) is 3. The van der Waals surface area contributed by atoms with Crippen molar-refractivity contribution < 1.29 is 14.2 Å². The van der Waals surface area contributed by atoms with Gasteiger partial charge >= 0.3 is 0 Å². The molecule has 0 saturated carbocycles. The summed E-state index contributed by atoms with van der Waals surface area (Å²) in [4.78, 5) is 4.07. The first-order valence-corrected chi connectivity index (χ1v) is 5.64. The average molecular weight is 247 g/mol. The van der Waals surface area contributed by atoms with E-state index in [1.165, 1.54) is 12.3 Å². The largest absolute Gasteiger partial charge is 0.456 e. The van der Waals surface area contributed by atoms with Gasteiger partial charge in [-0.3, -0.25) is 4.98 Å². The highest BCUT2D eigenvalue weighted by Crippen LogP contribution is 2.23. The van der Waals surface area contributed by atoms with Crippen molar-refractivity contribution in [3.05, 3.63) is 53.6 Å². The molecule has 1 aromatic heterocycles. The fourth-order valence-corrected chi connectivity index (χ4v) is 1.52. The smallest absolute Gasteiger partial charge is 0.145 e. The molecule has 1 atom stereocenters. The van der Waals surface area contributed by atoms with Crippen molar-refractivity contribution >= 4 is 0 Å². The van der Waals surface area contributed by atoms with E-state index in [0.29, 0.717) is 22.8 Å². The molecule has 1 aromatic carbocycles. The Morgan fingerprint density at radius 2 is 1.94 bits per heavy atom. The third-order valence-corrected chi connectivity index (χ3v) is 2.55. The second-order valence-corrected chi connectivity index (χ2v) is 4.11. The molecule has 0 aliphatic heterocycles. The standard InChI is InChI=1S/C14H14FNO2/c1-9-7-11(3-5-13(9)15)18-12-4-6-14(10(2)17)16-8-12/h3-8,10,17H,1-2H3/t10-/m0/s1. The van der Waals surface area contributed by atoms with Crippen LogP contribution in [-0.4, -0.2) is 10.1 Å². The number of aliphatic hydroxyl groups is 1. The Kier molecular flexibility index (Phi) is 3.58. The molecule has 0 amide bonds. The summed E-state index contributed by atoms with van der Waals surface area (Å²) in [5.41, 5.74) is 1.11. The molecule has 94 valence electrons. The van der Waals surface area contributed by atoms with Gasteiger partial charge in [0.1, 0.15) is 17.3 Å². The highest BCUT2D eigenvalue weighted by molar-refractivity contribution is 5.33. The van der Waals surface area contributed by atoms with Crippen LogP contribution in [0.15, 0.2) is 36.5 Å². The van der Waals surface area contributed by atoms with Crippen LogP contribution in [0, 0.1) is 12.7 Å². The lowest BCUT2D eigenvalue weighted by molar-refractivity contribution is 0.194. The normalized spacial score (nSPS) is 12.2. The van der Waals surface area contributed by atoms with E-state index >= 15 is 0 Å². The zero-order valence-electron chi connectivity index (χ0n) is 10.2. The third kappa shape index (κ3) is 2.84. The number of ether oxygens (including phenoxy) is 1. The first kappa shape index (κ1) is 12.5. The van der Waals surface area contributed by atoms with Crippen molar-refractivity contribution in [3.8, 4) is 11.5 Å². The van der Waals surface area contributed by atoms with Crippen molar-refractivity contribution in [2.75, 3.05) is 0 Å². The summed E-state index contributed by atoms with van der Waals surface area (Å²) in [6.07, 6.45) is 0.924. The quantitative estimate of drug-likeness (QED) is 0.904. The van der Waals surface area contributed by atoms with Crippen LogP contribution in [0.2, 0.25) is 0 Å². The molecule has 0 unspecified atom stereocenters. The molecule has 0 radical (unpaired) electrons. The third-order valence-electron chi connectivity index (χ3n) is 2.55. The van der Waals surface area contributed by atoms with Crippen molar-refractivity contribution in [2.45, 2.75) is 20.0 Å². The second-order valence-electron chi connectivity index (χ2n) is 4.11. The van der Waals surface area contributed by atoms with Gasteiger partial charge in [-0.2, -0.15) is 0 Å². The molecule has 0 fully saturated rings. The molecule has 0 aliphatic rings. The molecule has 3 nitrogen and oxygen atoms in total. The van der Waals surface area contributed by atoms with Crippen LogP contribution < -0.4 is 4.74 Å². The number of nitrogens with zero attached hydrogens (tertiary/aromatic N) is 1. The molecule has 4 heteroatoms. The Labute approximate surface area is 105 Å². The summed E-state index contributed by atoms with van der Waals surface area (Å²) in [7, 11) is 0. The first-order valence-electron chi connectivity index (χ1n) is 5.64. The minimum atomic E-state index is -0.605. The van der Waals surface area contributed by atoms with Crippen LogP contribution >= 0.6 is 0 Å². The molecule has 2 rings (SSSR count). The number of rotatable bonds is 3. The maximum atomic E-state index is 13.1. The Bertz CT molecular complexity index is 538. The summed E-state index contributed by atoms with van der Waals surface area (Å²) in [5.74, 6) is 0.843. The summed E-state index contributed by atoms with van der Waals surface area (Å²) in [5, 5.41) is 9.33.